The quantitative estimate of drug-likeness (QED) is 0.671. The van der Waals surface area contributed by atoms with Crippen LogP contribution >= 0.6 is 0 Å². The molecule has 1 unspecified atom stereocenters. The first kappa shape index (κ1) is 9.47. The van der Waals surface area contributed by atoms with Crippen LogP contribution in [-0.2, 0) is 0 Å². The average molecular weight is 182 g/mol. The van der Waals surface area contributed by atoms with Gasteiger partial charge < -0.3 is 10.2 Å². The van der Waals surface area contributed by atoms with Gasteiger partial charge in [0.15, 0.2) is 0 Å². The zero-order valence-electron chi connectivity index (χ0n) is 8.92. The third-order valence-electron chi connectivity index (χ3n) is 3.39. The van der Waals surface area contributed by atoms with Crippen molar-refractivity contribution in [3.8, 4) is 0 Å². The van der Waals surface area contributed by atoms with Crippen molar-refractivity contribution in [3.63, 3.8) is 0 Å². The number of nitrogens with one attached hydrogen (secondary N) is 1. The van der Waals surface area contributed by atoms with Gasteiger partial charge in [0.1, 0.15) is 0 Å². The van der Waals surface area contributed by atoms with Crippen LogP contribution in [0.1, 0.15) is 39.0 Å². The van der Waals surface area contributed by atoms with Gasteiger partial charge in [0.2, 0.25) is 0 Å². The number of nitrogens with zero attached hydrogens (tertiary/aromatic N) is 1. The van der Waals surface area contributed by atoms with Gasteiger partial charge in [-0.25, -0.2) is 0 Å². The van der Waals surface area contributed by atoms with Crippen molar-refractivity contribution in [1.29, 1.82) is 0 Å². The van der Waals surface area contributed by atoms with E-state index in [1.807, 2.05) is 0 Å². The van der Waals surface area contributed by atoms with Crippen LogP contribution in [-0.4, -0.2) is 36.6 Å². The molecule has 0 aromatic rings. The lowest BCUT2D eigenvalue weighted by molar-refractivity contribution is 0.235. The maximum atomic E-state index is 3.58. The molecule has 0 heterocycles. The first-order chi connectivity index (χ1) is 6.27. The Morgan fingerprint density at radius 3 is 2.54 bits per heavy atom. The predicted octanol–water partition coefficient (Wildman–Crippen LogP) is 1.61. The number of rotatable bonds is 6. The number of hydrogen-bond acceptors (Lipinski definition) is 2. The Morgan fingerprint density at radius 1 is 1.31 bits per heavy atom. The molecular weight excluding hydrogens is 160 g/mol. The highest BCUT2D eigenvalue weighted by Gasteiger charge is 2.29. The molecule has 0 spiro atoms. The van der Waals surface area contributed by atoms with Crippen molar-refractivity contribution >= 4 is 0 Å². The summed E-state index contributed by atoms with van der Waals surface area (Å²) in [5.41, 5.74) is 0. The standard InChI is InChI=1S/C11H22N2/c1-9(13(2)11-5-6-11)7-8-12-10-3-4-10/h9-12H,3-8H2,1-2H3. The molecule has 2 nitrogen and oxygen atoms in total. The van der Waals surface area contributed by atoms with Gasteiger partial charge in [-0.3, -0.25) is 0 Å². The summed E-state index contributed by atoms with van der Waals surface area (Å²) in [5.74, 6) is 0. The minimum Gasteiger partial charge on any atom is -0.314 e. The zero-order valence-corrected chi connectivity index (χ0v) is 8.92. The third-order valence-corrected chi connectivity index (χ3v) is 3.39. The Bertz CT molecular complexity index is 161. The second-order valence-electron chi connectivity index (χ2n) is 4.76. The minimum absolute atomic E-state index is 0.763. The van der Waals surface area contributed by atoms with E-state index in [-0.39, 0.29) is 0 Å². The molecule has 1 N–H and O–H groups in total. The molecule has 0 amide bonds. The van der Waals surface area contributed by atoms with Gasteiger partial charge in [0, 0.05) is 18.1 Å². The molecule has 0 saturated heterocycles. The summed E-state index contributed by atoms with van der Waals surface area (Å²) in [6, 6.07) is 2.55. The molecule has 2 heteroatoms. The largest absolute Gasteiger partial charge is 0.314 e. The summed E-state index contributed by atoms with van der Waals surface area (Å²) in [6.07, 6.45) is 6.98. The highest BCUT2D eigenvalue weighted by Crippen LogP contribution is 2.27. The van der Waals surface area contributed by atoms with Gasteiger partial charge in [-0.1, -0.05) is 0 Å². The van der Waals surface area contributed by atoms with Crippen LogP contribution < -0.4 is 5.32 Å². The van der Waals surface area contributed by atoms with Crippen molar-refractivity contribution in [2.24, 2.45) is 0 Å². The fourth-order valence-electron chi connectivity index (χ4n) is 1.83. The van der Waals surface area contributed by atoms with Crippen LogP contribution in [0.15, 0.2) is 0 Å². The van der Waals surface area contributed by atoms with Crippen molar-refractivity contribution in [1.82, 2.24) is 10.2 Å². The molecule has 2 fully saturated rings. The lowest BCUT2D eigenvalue weighted by Gasteiger charge is -2.24. The van der Waals surface area contributed by atoms with Crippen LogP contribution in [0, 0.1) is 0 Å². The maximum absolute atomic E-state index is 3.58. The third kappa shape index (κ3) is 2.96. The zero-order chi connectivity index (χ0) is 9.26. The van der Waals surface area contributed by atoms with E-state index in [4.69, 9.17) is 0 Å². The Morgan fingerprint density at radius 2 is 2.00 bits per heavy atom. The first-order valence-electron chi connectivity index (χ1n) is 5.72. The van der Waals surface area contributed by atoms with Crippen molar-refractivity contribution < 1.29 is 0 Å². The van der Waals surface area contributed by atoms with Crippen LogP contribution in [0.25, 0.3) is 0 Å². The predicted molar refractivity (Wildman–Crippen MR) is 55.9 cm³/mol. The highest BCUT2D eigenvalue weighted by molar-refractivity contribution is 4.86. The van der Waals surface area contributed by atoms with E-state index in [1.165, 1.54) is 38.6 Å². The van der Waals surface area contributed by atoms with Gasteiger partial charge in [0.05, 0.1) is 0 Å². The Hall–Kier alpha value is -0.0800. The molecule has 76 valence electrons. The highest BCUT2D eigenvalue weighted by atomic mass is 15.2. The van der Waals surface area contributed by atoms with E-state index in [0.29, 0.717) is 0 Å². The summed E-state index contributed by atoms with van der Waals surface area (Å²) >= 11 is 0. The Kier molecular flexibility index (Phi) is 2.89. The molecule has 2 saturated carbocycles. The lowest BCUT2D eigenvalue weighted by atomic mass is 10.2. The first-order valence-corrected chi connectivity index (χ1v) is 5.72. The molecule has 0 aliphatic heterocycles. The second kappa shape index (κ2) is 3.97. The monoisotopic (exact) mass is 182 g/mol. The summed E-state index contributed by atoms with van der Waals surface area (Å²) in [5, 5.41) is 3.58. The fourth-order valence-corrected chi connectivity index (χ4v) is 1.83. The summed E-state index contributed by atoms with van der Waals surface area (Å²) in [7, 11) is 2.28. The molecule has 1 atom stereocenters. The SMILES string of the molecule is CC(CCNC1CC1)N(C)C1CC1. The molecule has 2 aliphatic rings. The van der Waals surface area contributed by atoms with E-state index >= 15 is 0 Å². The molecule has 0 bridgehead atoms. The summed E-state index contributed by atoms with van der Waals surface area (Å²) in [4.78, 5) is 2.55. The summed E-state index contributed by atoms with van der Waals surface area (Å²) in [6.45, 7) is 3.57. The lowest BCUT2D eigenvalue weighted by Crippen LogP contribution is -2.34. The van der Waals surface area contributed by atoms with Crippen LogP contribution in [0.5, 0.6) is 0 Å². The normalized spacial score (nSPS) is 25.2. The van der Waals surface area contributed by atoms with Crippen molar-refractivity contribution in [2.45, 2.75) is 57.2 Å². The second-order valence-corrected chi connectivity index (χ2v) is 4.76. The maximum Gasteiger partial charge on any atom is 0.00961 e. The van der Waals surface area contributed by atoms with Crippen LogP contribution in [0.4, 0.5) is 0 Å². The minimum atomic E-state index is 0.763. The van der Waals surface area contributed by atoms with Crippen molar-refractivity contribution in [3.05, 3.63) is 0 Å². The molecule has 2 aliphatic carbocycles. The van der Waals surface area contributed by atoms with E-state index in [9.17, 15) is 0 Å². The van der Waals surface area contributed by atoms with Crippen LogP contribution in [0.3, 0.4) is 0 Å². The molecular formula is C11H22N2. The average Bonchev–Trinajstić information content (AvgIpc) is 2.96. The molecule has 13 heavy (non-hydrogen) atoms. The van der Waals surface area contributed by atoms with Gasteiger partial charge in [-0.2, -0.15) is 0 Å². The molecule has 0 aromatic heterocycles. The van der Waals surface area contributed by atoms with Gasteiger partial charge in [-0.15, -0.1) is 0 Å². The van der Waals surface area contributed by atoms with Crippen molar-refractivity contribution in [2.75, 3.05) is 13.6 Å². The Labute approximate surface area is 81.7 Å². The van der Waals surface area contributed by atoms with Gasteiger partial charge >= 0.3 is 0 Å². The Balaban J connectivity index is 1.56. The topological polar surface area (TPSA) is 15.3 Å². The van der Waals surface area contributed by atoms with E-state index in [0.717, 1.165) is 18.1 Å². The molecule has 2 rings (SSSR count). The van der Waals surface area contributed by atoms with E-state index in [2.05, 4.69) is 24.2 Å². The van der Waals surface area contributed by atoms with Gasteiger partial charge in [0.25, 0.3) is 0 Å². The fraction of sp³-hybridized carbons (Fsp3) is 1.00. The van der Waals surface area contributed by atoms with Gasteiger partial charge in [-0.05, 0) is 52.6 Å². The molecule has 0 radical (unpaired) electrons. The van der Waals surface area contributed by atoms with Crippen LogP contribution in [0.2, 0.25) is 0 Å². The van der Waals surface area contributed by atoms with E-state index in [1.54, 1.807) is 0 Å². The summed E-state index contributed by atoms with van der Waals surface area (Å²) < 4.78 is 0. The molecule has 0 aromatic carbocycles. The number of hydrogen-bond donors (Lipinski definition) is 1. The smallest absolute Gasteiger partial charge is 0.00961 e. The van der Waals surface area contributed by atoms with E-state index < -0.39 is 0 Å².